The second kappa shape index (κ2) is 5.44. The van der Waals surface area contributed by atoms with Gasteiger partial charge in [0.25, 0.3) is 5.78 Å². The minimum atomic E-state index is -2.46. The van der Waals surface area contributed by atoms with Gasteiger partial charge in [-0.05, 0) is 11.5 Å². The lowest BCUT2D eigenvalue weighted by atomic mass is 10.1. The summed E-state index contributed by atoms with van der Waals surface area (Å²) in [6, 6.07) is 7.19. The molecule has 0 aliphatic heterocycles. The molecule has 6 N–H and O–H groups in total. The normalized spacial score (nSPS) is 12.8. The molecule has 86 valence electrons. The zero-order valence-corrected chi connectivity index (χ0v) is 9.69. The predicted octanol–water partition coefficient (Wildman–Crippen LogP) is 0.506. The monoisotopic (exact) mass is 241 g/mol. The summed E-state index contributed by atoms with van der Waals surface area (Å²) in [5.41, 5.74) is 14.4. The Bertz CT molecular complexity index is 400. The van der Waals surface area contributed by atoms with Gasteiger partial charge in [-0.1, -0.05) is 29.8 Å². The molecule has 16 heavy (non-hydrogen) atoms. The Kier molecular flexibility index (Phi) is 4.22. The first-order chi connectivity index (χ1) is 7.50. The molecule has 0 saturated heterocycles. The second-order valence-corrected chi connectivity index (χ2v) is 4.40. The molecule has 0 aromatic heterocycles. The Hall–Kier alpha value is -1.65. The minimum Gasteiger partial charge on any atom is -0.369 e. The van der Waals surface area contributed by atoms with Gasteiger partial charge < -0.3 is 11.5 Å². The second-order valence-electron chi connectivity index (χ2n) is 3.28. The average molecular weight is 241 g/mol. The summed E-state index contributed by atoms with van der Waals surface area (Å²) in [5, 5.41) is 3.52. The summed E-state index contributed by atoms with van der Waals surface area (Å²) in [6.45, 7) is 1.93. The number of hydrogen-bond donors (Lipinski definition) is 4. The van der Waals surface area contributed by atoms with Crippen LogP contribution in [0.1, 0.15) is 16.9 Å². The van der Waals surface area contributed by atoms with Gasteiger partial charge in [0, 0.05) is 5.56 Å². The van der Waals surface area contributed by atoms with Crippen molar-refractivity contribution in [3.05, 3.63) is 35.4 Å². The topological polar surface area (TPSA) is 114 Å². The van der Waals surface area contributed by atoms with Crippen LogP contribution in [-0.2, 0) is 4.57 Å². The third-order valence-corrected chi connectivity index (χ3v) is 2.79. The Morgan fingerprint density at radius 3 is 2.44 bits per heavy atom. The van der Waals surface area contributed by atoms with Crippen LogP contribution in [0.5, 0.6) is 0 Å². The lowest BCUT2D eigenvalue weighted by Gasteiger charge is -2.05. The fraction of sp³-hybridized carbons (Fsp3) is 0.222. The summed E-state index contributed by atoms with van der Waals surface area (Å²) in [5.74, 6) is -0.994. The average Bonchev–Trinajstić information content (AvgIpc) is 2.20. The van der Waals surface area contributed by atoms with Gasteiger partial charge in [0.2, 0.25) is 5.96 Å². The van der Waals surface area contributed by atoms with Crippen LogP contribution in [0.15, 0.2) is 29.4 Å². The third-order valence-electron chi connectivity index (χ3n) is 1.93. The summed E-state index contributed by atoms with van der Waals surface area (Å²) >= 11 is 0. The molecule has 0 saturated carbocycles. The van der Waals surface area contributed by atoms with Crippen molar-refractivity contribution in [2.75, 3.05) is 0 Å². The van der Waals surface area contributed by atoms with Crippen molar-refractivity contribution >= 4 is 14.0 Å². The van der Waals surface area contributed by atoms with Gasteiger partial charge in [0.05, 0.1) is 0 Å². The Morgan fingerprint density at radius 1 is 1.44 bits per heavy atom. The van der Waals surface area contributed by atoms with E-state index in [1.54, 1.807) is 12.1 Å². The molecule has 1 rings (SSSR count). The number of benzene rings is 1. The first-order valence-electron chi connectivity index (χ1n) is 4.56. The predicted molar refractivity (Wildman–Crippen MR) is 62.7 cm³/mol. The standard InChI is InChI=1S/C9H13N4O2P/c1-6-2-4-7(5-3-6)8(16(14)15)12-13-9(10)11/h2-5,8,12H,1H3,(H4-,10,11,13,14,15)/p+1. The van der Waals surface area contributed by atoms with Crippen LogP contribution in [-0.4, -0.2) is 10.9 Å². The van der Waals surface area contributed by atoms with E-state index in [0.717, 1.165) is 5.56 Å². The SMILES string of the molecule is Cc1ccc(C(NN=C(N)N)[P+](=O)O)cc1. The molecule has 0 aliphatic rings. The number of hydrogen-bond acceptors (Lipinski definition) is 3. The van der Waals surface area contributed by atoms with Crippen LogP contribution < -0.4 is 16.9 Å². The lowest BCUT2D eigenvalue weighted by Crippen LogP contribution is -2.27. The zero-order chi connectivity index (χ0) is 12.1. The maximum atomic E-state index is 11.1. The maximum Gasteiger partial charge on any atom is 0.537 e. The maximum absolute atomic E-state index is 11.1. The van der Waals surface area contributed by atoms with E-state index in [1.807, 2.05) is 19.1 Å². The first-order valence-corrected chi connectivity index (χ1v) is 5.85. The molecule has 0 heterocycles. The zero-order valence-electron chi connectivity index (χ0n) is 8.79. The summed E-state index contributed by atoms with van der Waals surface area (Å²) in [4.78, 5) is 9.14. The van der Waals surface area contributed by atoms with Crippen LogP contribution in [0.2, 0.25) is 0 Å². The van der Waals surface area contributed by atoms with Gasteiger partial charge in [-0.2, -0.15) is 4.89 Å². The van der Waals surface area contributed by atoms with E-state index in [4.69, 9.17) is 16.4 Å². The fourth-order valence-electron chi connectivity index (χ4n) is 1.14. The Morgan fingerprint density at radius 2 is 2.00 bits per heavy atom. The van der Waals surface area contributed by atoms with Gasteiger partial charge in [-0.3, -0.25) is 5.43 Å². The van der Waals surface area contributed by atoms with Crippen molar-refractivity contribution in [2.45, 2.75) is 12.7 Å². The fourth-order valence-corrected chi connectivity index (χ4v) is 1.72. The van der Waals surface area contributed by atoms with Gasteiger partial charge >= 0.3 is 8.03 Å². The van der Waals surface area contributed by atoms with Crippen molar-refractivity contribution in [3.8, 4) is 0 Å². The summed E-state index contributed by atoms with van der Waals surface area (Å²) in [6.07, 6.45) is 0. The van der Waals surface area contributed by atoms with E-state index < -0.39 is 13.8 Å². The Balaban J connectivity index is 2.90. The molecule has 0 aliphatic carbocycles. The first kappa shape index (κ1) is 12.4. The van der Waals surface area contributed by atoms with Crippen LogP contribution in [0, 0.1) is 6.92 Å². The van der Waals surface area contributed by atoms with Gasteiger partial charge in [-0.25, -0.2) is 0 Å². The van der Waals surface area contributed by atoms with Crippen molar-refractivity contribution in [1.29, 1.82) is 0 Å². The third kappa shape index (κ3) is 3.49. The number of guanidine groups is 1. The quantitative estimate of drug-likeness (QED) is 0.265. The molecule has 0 amide bonds. The largest absolute Gasteiger partial charge is 0.537 e. The molecule has 7 heteroatoms. The smallest absolute Gasteiger partial charge is 0.369 e. The summed E-state index contributed by atoms with van der Waals surface area (Å²) < 4.78 is 11.1. The number of aryl methyl sites for hydroxylation is 1. The van der Waals surface area contributed by atoms with Gasteiger partial charge in [0.15, 0.2) is 0 Å². The molecule has 6 nitrogen and oxygen atoms in total. The number of nitrogens with zero attached hydrogens (tertiary/aromatic N) is 1. The van der Waals surface area contributed by atoms with Crippen LogP contribution in [0.4, 0.5) is 0 Å². The molecule has 0 radical (unpaired) electrons. The number of nitrogens with two attached hydrogens (primary N) is 2. The van der Waals surface area contributed by atoms with Gasteiger partial charge in [-0.15, -0.1) is 5.10 Å². The van der Waals surface area contributed by atoms with Crippen LogP contribution in [0.25, 0.3) is 0 Å². The summed E-state index contributed by atoms with van der Waals surface area (Å²) in [7, 11) is -2.46. The van der Waals surface area contributed by atoms with Crippen molar-refractivity contribution < 1.29 is 9.46 Å². The van der Waals surface area contributed by atoms with Crippen molar-refractivity contribution in [3.63, 3.8) is 0 Å². The molecule has 0 spiro atoms. The van der Waals surface area contributed by atoms with E-state index in [2.05, 4.69) is 10.5 Å². The molecule has 1 aromatic carbocycles. The molecule has 1 aromatic rings. The highest BCUT2D eigenvalue weighted by Crippen LogP contribution is 2.34. The van der Waals surface area contributed by atoms with Gasteiger partial charge in [0.1, 0.15) is 0 Å². The number of hydrazone groups is 1. The van der Waals surface area contributed by atoms with E-state index in [-0.39, 0.29) is 5.96 Å². The number of nitrogens with one attached hydrogen (secondary N) is 1. The molecular formula is C9H14N4O2P+. The number of rotatable bonds is 4. The molecule has 2 atom stereocenters. The highest BCUT2D eigenvalue weighted by Gasteiger charge is 2.30. The van der Waals surface area contributed by atoms with E-state index >= 15 is 0 Å². The molecule has 0 bridgehead atoms. The van der Waals surface area contributed by atoms with Crippen molar-refractivity contribution in [2.24, 2.45) is 16.6 Å². The van der Waals surface area contributed by atoms with E-state index in [0.29, 0.717) is 5.56 Å². The molecular weight excluding hydrogens is 227 g/mol. The van der Waals surface area contributed by atoms with Crippen molar-refractivity contribution in [1.82, 2.24) is 5.43 Å². The minimum absolute atomic E-state index is 0.186. The lowest BCUT2D eigenvalue weighted by molar-refractivity contribution is 0.477. The molecule has 2 unspecified atom stereocenters. The van der Waals surface area contributed by atoms with Crippen LogP contribution in [0.3, 0.4) is 0 Å². The van der Waals surface area contributed by atoms with E-state index in [1.165, 1.54) is 0 Å². The highest BCUT2D eigenvalue weighted by atomic mass is 31.1. The Labute approximate surface area is 94.2 Å². The molecule has 0 fully saturated rings. The van der Waals surface area contributed by atoms with E-state index in [9.17, 15) is 4.57 Å². The van der Waals surface area contributed by atoms with Crippen LogP contribution >= 0.6 is 8.03 Å². The highest BCUT2D eigenvalue weighted by molar-refractivity contribution is 7.38.